The van der Waals surface area contributed by atoms with Crippen LogP contribution in [0.25, 0.3) is 0 Å². The first kappa shape index (κ1) is 13.3. The Bertz CT molecular complexity index is 571. The van der Waals surface area contributed by atoms with E-state index in [4.69, 9.17) is 5.73 Å². The minimum Gasteiger partial charge on any atom is -0.397 e. The van der Waals surface area contributed by atoms with Crippen molar-refractivity contribution >= 4 is 38.6 Å². The van der Waals surface area contributed by atoms with E-state index in [1.54, 1.807) is 23.3 Å². The van der Waals surface area contributed by atoms with Gasteiger partial charge in [-0.15, -0.1) is 11.3 Å². The molecular weight excluding hydrogens is 322 g/mol. The molecule has 1 heterocycles. The molecule has 6 heteroatoms. The number of nitrogens with zero attached hydrogens (tertiary/aromatic N) is 1. The number of benzene rings is 1. The largest absolute Gasteiger partial charge is 0.397 e. The van der Waals surface area contributed by atoms with Gasteiger partial charge in [-0.1, -0.05) is 0 Å². The number of rotatable bonds is 3. The first-order valence-corrected chi connectivity index (χ1v) is 6.84. The van der Waals surface area contributed by atoms with Crippen LogP contribution in [-0.2, 0) is 6.54 Å². The lowest BCUT2D eigenvalue weighted by Gasteiger charge is -2.21. The first-order chi connectivity index (χ1) is 8.49. The van der Waals surface area contributed by atoms with Gasteiger partial charge in [-0.25, -0.2) is 8.78 Å². The number of nitrogen functional groups attached to an aromatic ring is 1. The average molecular weight is 333 g/mol. The van der Waals surface area contributed by atoms with Gasteiger partial charge in [-0.3, -0.25) is 0 Å². The number of thiophene rings is 1. The van der Waals surface area contributed by atoms with Gasteiger partial charge in [0.1, 0.15) is 0 Å². The zero-order chi connectivity index (χ0) is 13.3. The van der Waals surface area contributed by atoms with Crippen molar-refractivity contribution in [2.24, 2.45) is 0 Å². The fourth-order valence-corrected chi connectivity index (χ4v) is 2.92. The molecule has 0 amide bonds. The van der Waals surface area contributed by atoms with Crippen molar-refractivity contribution in [2.45, 2.75) is 6.54 Å². The lowest BCUT2D eigenvalue weighted by molar-refractivity contribution is 0.508. The predicted octanol–water partition coefficient (Wildman–Crippen LogP) is 4.01. The lowest BCUT2D eigenvalue weighted by atomic mass is 10.2. The zero-order valence-electron chi connectivity index (χ0n) is 9.58. The first-order valence-electron chi connectivity index (χ1n) is 5.16. The van der Waals surface area contributed by atoms with Crippen molar-refractivity contribution in [1.82, 2.24) is 0 Å². The minimum atomic E-state index is -0.910. The van der Waals surface area contributed by atoms with Crippen LogP contribution < -0.4 is 10.6 Å². The molecule has 2 rings (SSSR count). The number of hydrogen-bond donors (Lipinski definition) is 1. The zero-order valence-corrected chi connectivity index (χ0v) is 12.0. The standard InChI is InChI=1S/C12H11BrF2N2S/c1-17(5-7-4-10(13)18-6-7)12-9(16)3-2-8(14)11(12)15/h2-4,6H,5,16H2,1H3. The highest BCUT2D eigenvalue weighted by Crippen LogP contribution is 2.30. The van der Waals surface area contributed by atoms with Crippen molar-refractivity contribution in [2.75, 3.05) is 17.7 Å². The summed E-state index contributed by atoms with van der Waals surface area (Å²) < 4.78 is 27.9. The van der Waals surface area contributed by atoms with Gasteiger partial charge in [0.05, 0.1) is 15.2 Å². The second-order valence-electron chi connectivity index (χ2n) is 3.91. The smallest absolute Gasteiger partial charge is 0.184 e. The molecule has 0 radical (unpaired) electrons. The van der Waals surface area contributed by atoms with E-state index in [9.17, 15) is 8.78 Å². The second kappa shape index (κ2) is 5.24. The van der Waals surface area contributed by atoms with Gasteiger partial charge in [0, 0.05) is 13.6 Å². The molecule has 0 saturated heterocycles. The summed E-state index contributed by atoms with van der Waals surface area (Å²) in [6.45, 7) is 0.465. The SMILES string of the molecule is CN(Cc1csc(Br)c1)c1c(N)ccc(F)c1F. The summed E-state index contributed by atoms with van der Waals surface area (Å²) >= 11 is 4.90. The van der Waals surface area contributed by atoms with Crippen LogP contribution in [0, 0.1) is 11.6 Å². The molecule has 2 N–H and O–H groups in total. The molecule has 2 aromatic rings. The average Bonchev–Trinajstić information content (AvgIpc) is 2.70. The third-order valence-corrected chi connectivity index (χ3v) is 4.08. The Morgan fingerprint density at radius 1 is 1.39 bits per heavy atom. The molecule has 0 aliphatic rings. The van der Waals surface area contributed by atoms with Gasteiger partial charge in [-0.2, -0.15) is 0 Å². The summed E-state index contributed by atoms with van der Waals surface area (Å²) in [7, 11) is 1.68. The monoisotopic (exact) mass is 332 g/mol. The Hall–Kier alpha value is -1.14. The highest BCUT2D eigenvalue weighted by atomic mass is 79.9. The quantitative estimate of drug-likeness (QED) is 0.860. The number of anilines is 2. The maximum atomic E-state index is 13.7. The van der Waals surface area contributed by atoms with E-state index in [1.807, 2.05) is 11.4 Å². The molecule has 96 valence electrons. The van der Waals surface area contributed by atoms with E-state index in [0.717, 1.165) is 15.4 Å². The summed E-state index contributed by atoms with van der Waals surface area (Å²) in [5.74, 6) is -1.80. The molecule has 1 aromatic carbocycles. The third-order valence-electron chi connectivity index (χ3n) is 2.52. The van der Waals surface area contributed by atoms with Gasteiger partial charge in [0.25, 0.3) is 0 Å². The second-order valence-corrected chi connectivity index (χ2v) is 6.20. The van der Waals surface area contributed by atoms with Crippen LogP contribution in [0.15, 0.2) is 27.4 Å². The topological polar surface area (TPSA) is 29.3 Å². The van der Waals surface area contributed by atoms with Crippen LogP contribution in [0.1, 0.15) is 5.56 Å². The van der Waals surface area contributed by atoms with E-state index >= 15 is 0 Å². The van der Waals surface area contributed by atoms with Crippen LogP contribution >= 0.6 is 27.3 Å². The van der Waals surface area contributed by atoms with E-state index in [0.29, 0.717) is 6.54 Å². The van der Waals surface area contributed by atoms with Gasteiger partial charge in [-0.05, 0) is 45.1 Å². The maximum Gasteiger partial charge on any atom is 0.184 e. The number of nitrogens with two attached hydrogens (primary N) is 1. The van der Waals surface area contributed by atoms with Crippen LogP contribution in [0.5, 0.6) is 0 Å². The Labute approximate surface area is 116 Å². The molecular formula is C12H11BrF2N2S. The molecule has 18 heavy (non-hydrogen) atoms. The van der Waals surface area contributed by atoms with Crippen LogP contribution in [0.2, 0.25) is 0 Å². The van der Waals surface area contributed by atoms with Crippen LogP contribution in [0.3, 0.4) is 0 Å². The molecule has 0 unspecified atom stereocenters. The molecule has 0 aliphatic heterocycles. The molecule has 0 spiro atoms. The van der Waals surface area contributed by atoms with Gasteiger partial charge in [0.2, 0.25) is 0 Å². The number of halogens is 3. The van der Waals surface area contributed by atoms with Gasteiger partial charge >= 0.3 is 0 Å². The Morgan fingerprint density at radius 3 is 2.72 bits per heavy atom. The van der Waals surface area contributed by atoms with Crippen molar-refractivity contribution in [3.05, 3.63) is 44.6 Å². The highest BCUT2D eigenvalue weighted by Gasteiger charge is 2.16. The molecule has 0 saturated carbocycles. The molecule has 0 aliphatic carbocycles. The molecule has 0 fully saturated rings. The summed E-state index contributed by atoms with van der Waals surface area (Å²) in [5.41, 5.74) is 7.03. The third kappa shape index (κ3) is 2.64. The fraction of sp³-hybridized carbons (Fsp3) is 0.167. The summed E-state index contributed by atoms with van der Waals surface area (Å²) in [6, 6.07) is 4.34. The predicted molar refractivity (Wildman–Crippen MR) is 74.9 cm³/mol. The van der Waals surface area contributed by atoms with Crippen molar-refractivity contribution in [1.29, 1.82) is 0 Å². The normalized spacial score (nSPS) is 10.7. The summed E-state index contributed by atoms with van der Waals surface area (Å²) in [6.07, 6.45) is 0. The Balaban J connectivity index is 2.28. The molecule has 1 aromatic heterocycles. The van der Waals surface area contributed by atoms with E-state index in [2.05, 4.69) is 15.9 Å². The van der Waals surface area contributed by atoms with Crippen LogP contribution in [-0.4, -0.2) is 7.05 Å². The Kier molecular flexibility index (Phi) is 3.87. The molecule has 0 atom stereocenters. The maximum absolute atomic E-state index is 13.7. The van der Waals surface area contributed by atoms with Crippen molar-refractivity contribution in [3.8, 4) is 0 Å². The fourth-order valence-electron chi connectivity index (χ4n) is 1.72. The van der Waals surface area contributed by atoms with E-state index in [1.165, 1.54) is 6.07 Å². The minimum absolute atomic E-state index is 0.0947. The van der Waals surface area contributed by atoms with Gasteiger partial charge < -0.3 is 10.6 Å². The molecule has 2 nitrogen and oxygen atoms in total. The van der Waals surface area contributed by atoms with Crippen molar-refractivity contribution in [3.63, 3.8) is 0 Å². The Morgan fingerprint density at radius 2 is 2.11 bits per heavy atom. The lowest BCUT2D eigenvalue weighted by Crippen LogP contribution is -2.19. The van der Waals surface area contributed by atoms with E-state index in [-0.39, 0.29) is 11.4 Å². The molecule has 0 bridgehead atoms. The van der Waals surface area contributed by atoms with Crippen LogP contribution in [0.4, 0.5) is 20.2 Å². The van der Waals surface area contributed by atoms with E-state index < -0.39 is 11.6 Å². The summed E-state index contributed by atoms with van der Waals surface area (Å²) in [4.78, 5) is 1.60. The van der Waals surface area contributed by atoms with Crippen molar-refractivity contribution < 1.29 is 8.78 Å². The number of hydrogen-bond acceptors (Lipinski definition) is 3. The van der Waals surface area contributed by atoms with Gasteiger partial charge in [0.15, 0.2) is 11.6 Å². The highest BCUT2D eigenvalue weighted by molar-refractivity contribution is 9.11. The summed E-state index contributed by atoms with van der Waals surface area (Å²) in [5, 5.41) is 1.95.